The van der Waals surface area contributed by atoms with Crippen LogP contribution in [0.25, 0.3) is 0 Å². The number of imide groups is 1. The van der Waals surface area contributed by atoms with Crippen molar-refractivity contribution in [3.63, 3.8) is 0 Å². The van der Waals surface area contributed by atoms with E-state index >= 15 is 0 Å². The standard InChI is InChI=1S/C18H24N2O4S/c1-13-8-9-15-16(12-13)18(22)20(17(15)21)10-11-25(23,24)19-14-6-4-2-3-5-7-14/h8-9,12,14,19H,2-7,10-11H2,1H3. The van der Waals surface area contributed by atoms with E-state index in [1.807, 2.05) is 6.92 Å². The SMILES string of the molecule is Cc1ccc2c(c1)C(=O)N(CCS(=O)(=O)NC1CCCCCC1)C2=O. The molecule has 0 radical (unpaired) electrons. The van der Waals surface area contributed by atoms with Gasteiger partial charge in [0.15, 0.2) is 0 Å². The Labute approximate surface area is 148 Å². The third kappa shape index (κ3) is 4.10. The Morgan fingerprint density at radius 2 is 1.68 bits per heavy atom. The first-order valence-electron chi connectivity index (χ1n) is 8.84. The Kier molecular flexibility index (Phi) is 5.24. The van der Waals surface area contributed by atoms with Gasteiger partial charge in [-0.3, -0.25) is 14.5 Å². The number of sulfonamides is 1. The minimum atomic E-state index is -3.52. The molecule has 0 atom stereocenters. The van der Waals surface area contributed by atoms with Crippen LogP contribution in [0.4, 0.5) is 0 Å². The fourth-order valence-corrected chi connectivity index (χ4v) is 4.81. The van der Waals surface area contributed by atoms with Gasteiger partial charge in [-0.2, -0.15) is 0 Å². The molecular weight excluding hydrogens is 340 g/mol. The van der Waals surface area contributed by atoms with Crippen LogP contribution in [-0.4, -0.2) is 43.5 Å². The number of aryl methyl sites for hydroxylation is 1. The van der Waals surface area contributed by atoms with Crippen molar-refractivity contribution in [2.45, 2.75) is 51.5 Å². The first-order chi connectivity index (χ1) is 11.9. The Morgan fingerprint density at radius 1 is 1.04 bits per heavy atom. The van der Waals surface area contributed by atoms with Gasteiger partial charge in [0.1, 0.15) is 0 Å². The first kappa shape index (κ1) is 18.1. The maximum atomic E-state index is 12.4. The molecule has 1 saturated carbocycles. The summed E-state index contributed by atoms with van der Waals surface area (Å²) in [4.78, 5) is 25.8. The number of nitrogens with zero attached hydrogens (tertiary/aromatic N) is 1. The number of nitrogens with one attached hydrogen (secondary N) is 1. The molecule has 1 aliphatic heterocycles. The Balaban J connectivity index is 1.63. The second-order valence-corrected chi connectivity index (χ2v) is 8.81. The highest BCUT2D eigenvalue weighted by atomic mass is 32.2. The fourth-order valence-electron chi connectivity index (χ4n) is 3.53. The van der Waals surface area contributed by atoms with Gasteiger partial charge >= 0.3 is 0 Å². The highest BCUT2D eigenvalue weighted by Gasteiger charge is 2.36. The molecule has 2 aliphatic rings. The van der Waals surface area contributed by atoms with Crippen molar-refractivity contribution >= 4 is 21.8 Å². The number of fused-ring (bicyclic) bond motifs is 1. The van der Waals surface area contributed by atoms with E-state index in [2.05, 4.69) is 4.72 Å². The van der Waals surface area contributed by atoms with Gasteiger partial charge in [0, 0.05) is 12.6 Å². The van der Waals surface area contributed by atoms with Crippen LogP contribution < -0.4 is 4.72 Å². The number of carbonyl (C=O) groups is 2. The van der Waals surface area contributed by atoms with Crippen LogP contribution in [0.15, 0.2) is 18.2 Å². The number of amides is 2. The van der Waals surface area contributed by atoms with E-state index in [1.165, 1.54) is 0 Å². The summed E-state index contributed by atoms with van der Waals surface area (Å²) in [5.41, 5.74) is 1.60. The lowest BCUT2D eigenvalue weighted by molar-refractivity contribution is 0.0664. The van der Waals surface area contributed by atoms with Gasteiger partial charge < -0.3 is 0 Å². The molecule has 1 aliphatic carbocycles. The van der Waals surface area contributed by atoms with Crippen LogP contribution in [0.2, 0.25) is 0 Å². The molecule has 7 heteroatoms. The van der Waals surface area contributed by atoms with Crippen molar-refractivity contribution in [3.05, 3.63) is 34.9 Å². The van der Waals surface area contributed by atoms with Crippen molar-refractivity contribution in [1.82, 2.24) is 9.62 Å². The summed E-state index contributed by atoms with van der Waals surface area (Å²) in [5, 5.41) is 0. The van der Waals surface area contributed by atoms with E-state index in [0.29, 0.717) is 11.1 Å². The third-order valence-electron chi connectivity index (χ3n) is 4.91. The van der Waals surface area contributed by atoms with Crippen LogP contribution in [0.1, 0.15) is 64.8 Å². The van der Waals surface area contributed by atoms with Crippen LogP contribution in [0.3, 0.4) is 0 Å². The number of hydrogen-bond donors (Lipinski definition) is 1. The Bertz CT molecular complexity index is 780. The van der Waals surface area contributed by atoms with Gasteiger partial charge in [-0.1, -0.05) is 37.3 Å². The third-order valence-corrected chi connectivity index (χ3v) is 6.32. The Morgan fingerprint density at radius 3 is 2.36 bits per heavy atom. The fraction of sp³-hybridized carbons (Fsp3) is 0.556. The zero-order valence-electron chi connectivity index (χ0n) is 14.5. The van der Waals surface area contributed by atoms with E-state index < -0.39 is 21.8 Å². The molecule has 1 fully saturated rings. The second-order valence-electron chi connectivity index (χ2n) is 6.94. The summed E-state index contributed by atoms with van der Waals surface area (Å²) >= 11 is 0. The second kappa shape index (κ2) is 7.25. The molecule has 0 saturated heterocycles. The molecule has 1 aromatic carbocycles. The minimum Gasteiger partial charge on any atom is -0.273 e. The van der Waals surface area contributed by atoms with Crippen molar-refractivity contribution < 1.29 is 18.0 Å². The van der Waals surface area contributed by atoms with E-state index in [4.69, 9.17) is 0 Å². The topological polar surface area (TPSA) is 83.6 Å². The molecule has 6 nitrogen and oxygen atoms in total. The maximum Gasteiger partial charge on any atom is 0.261 e. The molecule has 0 spiro atoms. The van der Waals surface area contributed by atoms with Crippen LogP contribution >= 0.6 is 0 Å². The zero-order valence-corrected chi connectivity index (χ0v) is 15.3. The molecule has 1 aromatic rings. The molecule has 136 valence electrons. The number of carbonyl (C=O) groups excluding carboxylic acids is 2. The van der Waals surface area contributed by atoms with E-state index in [9.17, 15) is 18.0 Å². The summed E-state index contributed by atoms with van der Waals surface area (Å²) in [5.74, 6) is -1.08. The van der Waals surface area contributed by atoms with Gasteiger partial charge in [-0.15, -0.1) is 0 Å². The number of benzene rings is 1. The Hall–Kier alpha value is -1.73. The van der Waals surface area contributed by atoms with Gasteiger partial charge in [-0.05, 0) is 31.9 Å². The van der Waals surface area contributed by atoms with Crippen molar-refractivity contribution in [3.8, 4) is 0 Å². The molecular formula is C18H24N2O4S. The lowest BCUT2D eigenvalue weighted by Crippen LogP contribution is -2.41. The molecule has 2 amide bonds. The summed E-state index contributed by atoms with van der Waals surface area (Å²) in [6, 6.07) is 5.05. The van der Waals surface area contributed by atoms with Crippen molar-refractivity contribution in [1.29, 1.82) is 0 Å². The quantitative estimate of drug-likeness (QED) is 0.641. The number of hydrogen-bond acceptors (Lipinski definition) is 4. The van der Waals surface area contributed by atoms with Crippen LogP contribution in [-0.2, 0) is 10.0 Å². The average molecular weight is 364 g/mol. The predicted molar refractivity (Wildman–Crippen MR) is 95.0 cm³/mol. The summed E-state index contributed by atoms with van der Waals surface area (Å²) in [6.45, 7) is 1.73. The largest absolute Gasteiger partial charge is 0.273 e. The van der Waals surface area contributed by atoms with E-state index in [-0.39, 0.29) is 18.3 Å². The molecule has 0 unspecified atom stereocenters. The highest BCUT2D eigenvalue weighted by Crippen LogP contribution is 2.24. The first-order valence-corrected chi connectivity index (χ1v) is 10.5. The minimum absolute atomic E-state index is 0.0303. The van der Waals surface area contributed by atoms with Crippen molar-refractivity contribution in [2.75, 3.05) is 12.3 Å². The predicted octanol–water partition coefficient (Wildman–Crippen LogP) is 2.23. The molecule has 0 bridgehead atoms. The summed E-state index contributed by atoms with van der Waals surface area (Å²) in [6.07, 6.45) is 6.06. The molecule has 0 aromatic heterocycles. The van der Waals surface area contributed by atoms with Gasteiger partial charge in [0.25, 0.3) is 11.8 Å². The van der Waals surface area contributed by atoms with Crippen LogP contribution in [0.5, 0.6) is 0 Å². The monoisotopic (exact) mass is 364 g/mol. The highest BCUT2D eigenvalue weighted by molar-refractivity contribution is 7.89. The van der Waals surface area contributed by atoms with Gasteiger partial charge in [0.05, 0.1) is 16.9 Å². The normalized spacial score (nSPS) is 19.2. The zero-order chi connectivity index (χ0) is 18.0. The van der Waals surface area contributed by atoms with E-state index in [0.717, 1.165) is 49.0 Å². The average Bonchev–Trinajstić information content (AvgIpc) is 2.74. The van der Waals surface area contributed by atoms with E-state index in [1.54, 1.807) is 18.2 Å². The molecule has 1 N–H and O–H groups in total. The van der Waals surface area contributed by atoms with Crippen LogP contribution in [0, 0.1) is 6.92 Å². The summed E-state index contributed by atoms with van der Waals surface area (Å²) in [7, 11) is -3.52. The lowest BCUT2D eigenvalue weighted by Gasteiger charge is -2.18. The summed E-state index contributed by atoms with van der Waals surface area (Å²) < 4.78 is 27.4. The van der Waals surface area contributed by atoms with Gasteiger partial charge in [-0.25, -0.2) is 13.1 Å². The smallest absolute Gasteiger partial charge is 0.261 e. The molecule has 25 heavy (non-hydrogen) atoms. The van der Waals surface area contributed by atoms with Gasteiger partial charge in [0.2, 0.25) is 10.0 Å². The van der Waals surface area contributed by atoms with Crippen molar-refractivity contribution in [2.24, 2.45) is 0 Å². The molecule has 3 rings (SSSR count). The lowest BCUT2D eigenvalue weighted by atomic mass is 10.1. The molecule has 1 heterocycles. The maximum absolute atomic E-state index is 12.4. The number of rotatable bonds is 5.